The molecular weight excluding hydrogens is 418 g/mol. The zero-order valence-corrected chi connectivity index (χ0v) is 15.0. The first-order valence-electron chi connectivity index (χ1n) is 7.30. The normalized spacial score (nSPS) is 14.8. The van der Waals surface area contributed by atoms with E-state index in [0.29, 0.717) is 15.6 Å². The number of halogens is 1. The van der Waals surface area contributed by atoms with Crippen molar-refractivity contribution in [2.24, 2.45) is 4.99 Å². The molecule has 0 radical (unpaired) electrons. The number of rotatable bonds is 2. The maximum atomic E-state index is 11.3. The highest BCUT2D eigenvalue weighted by Crippen LogP contribution is 2.41. The van der Waals surface area contributed by atoms with Crippen molar-refractivity contribution >= 4 is 44.9 Å². The fraction of sp³-hybridized carbons (Fsp3) is 0.0667. The molecule has 6 N–H and O–H groups in total. The number of benzene rings is 1. The third-order valence-corrected chi connectivity index (χ3v) is 4.51. The number of pyridine rings is 1. The number of nitro benzene ring substituents is 1. The molecule has 0 fully saturated rings. The van der Waals surface area contributed by atoms with E-state index < -0.39 is 11.0 Å². The topological polar surface area (TPSA) is 192 Å². The van der Waals surface area contributed by atoms with E-state index in [4.69, 9.17) is 16.7 Å². The lowest BCUT2D eigenvalue weighted by atomic mass is 9.95. The Morgan fingerprint density at radius 2 is 2.11 bits per heavy atom. The minimum Gasteiger partial charge on any atom is -0.397 e. The Balaban J connectivity index is 2.27. The van der Waals surface area contributed by atoms with Crippen LogP contribution in [0.1, 0.15) is 22.7 Å². The summed E-state index contributed by atoms with van der Waals surface area (Å²) >= 11 is 3.13. The predicted molar refractivity (Wildman–Crippen MR) is 100 cm³/mol. The number of nitriles is 2. The molecule has 3 rings (SSSR count). The van der Waals surface area contributed by atoms with Gasteiger partial charge < -0.3 is 16.8 Å². The molecule has 1 unspecified atom stereocenters. The van der Waals surface area contributed by atoms with Crippen LogP contribution >= 0.6 is 15.9 Å². The van der Waals surface area contributed by atoms with Crippen LogP contribution in [0.5, 0.6) is 0 Å². The van der Waals surface area contributed by atoms with Crippen molar-refractivity contribution in [3.05, 3.63) is 49.5 Å². The van der Waals surface area contributed by atoms with Gasteiger partial charge in [0.2, 0.25) is 5.96 Å². The second-order valence-corrected chi connectivity index (χ2v) is 6.22. The van der Waals surface area contributed by atoms with Gasteiger partial charge >= 0.3 is 0 Å². The van der Waals surface area contributed by atoms with E-state index in [-0.39, 0.29) is 34.5 Å². The molecule has 1 atom stereocenters. The summed E-state index contributed by atoms with van der Waals surface area (Å²) in [6.07, 6.45) is 1.73. The average Bonchev–Trinajstić information content (AvgIpc) is 2.61. The summed E-state index contributed by atoms with van der Waals surface area (Å²) in [6.45, 7) is 0. The molecule has 1 aliphatic heterocycles. The Labute approximate surface area is 160 Å². The summed E-state index contributed by atoms with van der Waals surface area (Å²) < 4.78 is 0.297. The first kappa shape index (κ1) is 17.9. The number of nitrogens with one attached hydrogen (secondary N) is 2. The SMILES string of the molecule is N#CNC1=NC(c2ccc(Br)c([N+](=O)[O-])c2)c2c(nc(N)c(C#N)c2N)N1. The van der Waals surface area contributed by atoms with Gasteiger partial charge in [-0.3, -0.25) is 15.4 Å². The number of hydrogen-bond acceptors (Lipinski definition) is 10. The van der Waals surface area contributed by atoms with Crippen molar-refractivity contribution in [3.8, 4) is 12.3 Å². The molecule has 0 spiro atoms. The first-order valence-corrected chi connectivity index (χ1v) is 8.09. The van der Waals surface area contributed by atoms with Gasteiger partial charge in [0.15, 0.2) is 6.19 Å². The minimum atomic E-state index is -0.843. The molecule has 1 aromatic heterocycles. The standard InChI is InChI=1S/C15H10BrN9O2/c16-8-2-1-6(3-9(8)25(26)27)12-10-11(19)7(4-17)13(20)23-14(10)24-15(22-12)21-5-18/h1-3,12H,(H6,19,20,21,22,23,24). The highest BCUT2D eigenvalue weighted by molar-refractivity contribution is 9.10. The Morgan fingerprint density at radius 3 is 2.74 bits per heavy atom. The van der Waals surface area contributed by atoms with Crippen LogP contribution in [0, 0.1) is 32.9 Å². The average molecular weight is 428 g/mol. The number of nitrogens with zero attached hydrogens (tertiary/aromatic N) is 5. The number of nitrogen functional groups attached to an aromatic ring is 2. The van der Waals surface area contributed by atoms with Crippen molar-refractivity contribution < 1.29 is 4.92 Å². The predicted octanol–water partition coefficient (Wildman–Crippen LogP) is 1.73. The molecule has 2 heterocycles. The van der Waals surface area contributed by atoms with Crippen LogP contribution in [0.4, 0.5) is 23.0 Å². The number of hydrogen-bond donors (Lipinski definition) is 4. The van der Waals surface area contributed by atoms with E-state index >= 15 is 0 Å². The third-order valence-electron chi connectivity index (χ3n) is 3.84. The van der Waals surface area contributed by atoms with Gasteiger partial charge in [-0.1, -0.05) is 6.07 Å². The van der Waals surface area contributed by atoms with Crippen molar-refractivity contribution in [2.75, 3.05) is 16.8 Å². The molecule has 1 aromatic carbocycles. The summed E-state index contributed by atoms with van der Waals surface area (Å²) in [5, 5.41) is 34.6. The number of aliphatic imine (C=N–C) groups is 1. The van der Waals surface area contributed by atoms with Crippen LogP contribution in [0.15, 0.2) is 27.7 Å². The van der Waals surface area contributed by atoms with Gasteiger partial charge in [-0.25, -0.2) is 9.98 Å². The van der Waals surface area contributed by atoms with Crippen LogP contribution in [0.3, 0.4) is 0 Å². The lowest BCUT2D eigenvalue weighted by Gasteiger charge is -2.26. The largest absolute Gasteiger partial charge is 0.397 e. The van der Waals surface area contributed by atoms with Gasteiger partial charge in [0, 0.05) is 11.6 Å². The van der Waals surface area contributed by atoms with Gasteiger partial charge in [-0.15, -0.1) is 0 Å². The molecule has 0 aliphatic carbocycles. The third kappa shape index (κ3) is 3.05. The van der Waals surface area contributed by atoms with Crippen molar-refractivity contribution in [1.82, 2.24) is 10.3 Å². The summed E-state index contributed by atoms with van der Waals surface area (Å²) in [4.78, 5) is 19.2. The van der Waals surface area contributed by atoms with Crippen LogP contribution in [-0.4, -0.2) is 15.9 Å². The second-order valence-electron chi connectivity index (χ2n) is 5.37. The number of fused-ring (bicyclic) bond motifs is 1. The summed E-state index contributed by atoms with van der Waals surface area (Å²) in [7, 11) is 0. The maximum absolute atomic E-state index is 11.3. The van der Waals surface area contributed by atoms with Gasteiger partial charge in [0.05, 0.1) is 15.1 Å². The number of guanidine groups is 1. The summed E-state index contributed by atoms with van der Waals surface area (Å²) in [5.41, 5.74) is 12.5. The van der Waals surface area contributed by atoms with E-state index in [1.165, 1.54) is 12.1 Å². The van der Waals surface area contributed by atoms with E-state index in [0.717, 1.165) is 0 Å². The minimum absolute atomic E-state index is 0.0148. The van der Waals surface area contributed by atoms with E-state index in [9.17, 15) is 15.4 Å². The Bertz CT molecular complexity index is 1080. The number of aromatic nitrogens is 1. The molecule has 2 aromatic rings. The van der Waals surface area contributed by atoms with Gasteiger partial charge in [-0.05, 0) is 27.6 Å². The molecule has 27 heavy (non-hydrogen) atoms. The Morgan fingerprint density at radius 1 is 1.37 bits per heavy atom. The molecule has 11 nitrogen and oxygen atoms in total. The van der Waals surface area contributed by atoms with Crippen molar-refractivity contribution in [3.63, 3.8) is 0 Å². The van der Waals surface area contributed by atoms with E-state index in [1.54, 1.807) is 12.3 Å². The van der Waals surface area contributed by atoms with Crippen LogP contribution < -0.4 is 22.1 Å². The van der Waals surface area contributed by atoms with Crippen molar-refractivity contribution in [1.29, 1.82) is 10.5 Å². The maximum Gasteiger partial charge on any atom is 0.283 e. The Hall–Kier alpha value is -3.90. The smallest absolute Gasteiger partial charge is 0.283 e. The van der Waals surface area contributed by atoms with Gasteiger partial charge in [0.1, 0.15) is 29.3 Å². The fourth-order valence-electron chi connectivity index (χ4n) is 2.66. The van der Waals surface area contributed by atoms with Gasteiger partial charge in [-0.2, -0.15) is 10.5 Å². The van der Waals surface area contributed by atoms with E-state index in [2.05, 4.69) is 36.5 Å². The molecule has 0 saturated heterocycles. The van der Waals surface area contributed by atoms with Gasteiger partial charge in [0.25, 0.3) is 5.69 Å². The van der Waals surface area contributed by atoms with Crippen molar-refractivity contribution in [2.45, 2.75) is 6.04 Å². The van der Waals surface area contributed by atoms with Crippen LogP contribution in [0.25, 0.3) is 0 Å². The first-order chi connectivity index (χ1) is 12.9. The molecule has 134 valence electrons. The lowest BCUT2D eigenvalue weighted by molar-refractivity contribution is -0.385. The highest BCUT2D eigenvalue weighted by atomic mass is 79.9. The molecule has 1 aliphatic rings. The number of nitrogens with two attached hydrogens (primary N) is 2. The Kier molecular flexibility index (Phi) is 4.50. The number of anilines is 3. The van der Waals surface area contributed by atoms with Crippen LogP contribution in [0.2, 0.25) is 0 Å². The van der Waals surface area contributed by atoms with E-state index in [1.807, 2.05) is 6.07 Å². The lowest BCUT2D eigenvalue weighted by Crippen LogP contribution is -2.32. The number of nitro groups is 1. The quantitative estimate of drug-likeness (QED) is 0.239. The van der Waals surface area contributed by atoms with Crippen LogP contribution in [-0.2, 0) is 0 Å². The highest BCUT2D eigenvalue weighted by Gasteiger charge is 2.30. The second kappa shape index (κ2) is 6.78. The molecular formula is C15H10BrN9O2. The zero-order chi connectivity index (χ0) is 19.7. The fourth-order valence-corrected chi connectivity index (χ4v) is 3.05. The molecule has 0 saturated carbocycles. The summed E-state index contributed by atoms with van der Waals surface area (Å²) in [5.74, 6) is 0.184. The molecule has 12 heteroatoms. The zero-order valence-electron chi connectivity index (χ0n) is 13.4. The monoisotopic (exact) mass is 427 g/mol. The summed E-state index contributed by atoms with van der Waals surface area (Å²) in [6, 6.07) is 5.50. The molecule has 0 bridgehead atoms. The molecule has 0 amide bonds.